The molecule has 0 aliphatic rings. The number of amides is 1. The van der Waals surface area contributed by atoms with Crippen LogP contribution < -0.4 is 20.5 Å². The molecule has 0 saturated carbocycles. The Bertz CT molecular complexity index is 1000. The van der Waals surface area contributed by atoms with Crippen LogP contribution in [0.3, 0.4) is 0 Å². The van der Waals surface area contributed by atoms with Crippen LogP contribution in [0.4, 0.5) is 5.69 Å². The smallest absolute Gasteiger partial charge is 0.419 e. The van der Waals surface area contributed by atoms with Gasteiger partial charge in [-0.25, -0.2) is 4.79 Å². The second-order valence-electron chi connectivity index (χ2n) is 5.81. The van der Waals surface area contributed by atoms with Crippen molar-refractivity contribution in [3.8, 4) is 11.5 Å². The summed E-state index contributed by atoms with van der Waals surface area (Å²) in [7, 11) is 3.09. The highest BCUT2D eigenvalue weighted by Gasteiger charge is 2.13. The molecule has 0 fully saturated rings. The normalized spacial score (nSPS) is 10.7. The maximum absolute atomic E-state index is 12.3. The van der Waals surface area contributed by atoms with E-state index in [0.717, 1.165) is 5.56 Å². The van der Waals surface area contributed by atoms with Crippen LogP contribution in [0.2, 0.25) is 0 Å². The lowest BCUT2D eigenvalue weighted by Crippen LogP contribution is -2.20. The minimum atomic E-state index is -0.471. The fraction of sp³-hybridized carbons (Fsp3) is 0.263. The molecule has 1 aromatic heterocycles. The summed E-state index contributed by atoms with van der Waals surface area (Å²) in [4.78, 5) is 24.3. The van der Waals surface area contributed by atoms with Crippen LogP contribution in [0.5, 0.6) is 11.5 Å². The Hall–Kier alpha value is -3.22. The maximum Gasteiger partial charge on any atom is 0.419 e. The van der Waals surface area contributed by atoms with E-state index in [4.69, 9.17) is 13.9 Å². The van der Waals surface area contributed by atoms with Gasteiger partial charge in [-0.2, -0.15) is 0 Å². The number of carbonyl (C=O) groups is 1. The highest BCUT2D eigenvalue weighted by molar-refractivity contribution is 5.92. The van der Waals surface area contributed by atoms with Gasteiger partial charge in [0.05, 0.1) is 19.7 Å². The van der Waals surface area contributed by atoms with E-state index < -0.39 is 5.76 Å². The summed E-state index contributed by atoms with van der Waals surface area (Å²) < 4.78 is 17.1. The third-order valence-electron chi connectivity index (χ3n) is 4.14. The van der Waals surface area contributed by atoms with Gasteiger partial charge in [0.2, 0.25) is 5.91 Å². The third kappa shape index (κ3) is 3.42. The Morgan fingerprint density at radius 1 is 1.15 bits per heavy atom. The maximum atomic E-state index is 12.3. The van der Waals surface area contributed by atoms with Crippen LogP contribution in [0.1, 0.15) is 12.0 Å². The molecule has 0 radical (unpaired) electrons. The Morgan fingerprint density at radius 2 is 1.85 bits per heavy atom. The summed E-state index contributed by atoms with van der Waals surface area (Å²) >= 11 is 0. The van der Waals surface area contributed by atoms with Crippen LogP contribution in [0.25, 0.3) is 11.1 Å². The molecule has 3 aromatic rings. The number of ether oxygens (including phenoxy) is 2. The lowest BCUT2D eigenvalue weighted by molar-refractivity contribution is -0.116. The molecule has 2 aromatic carbocycles. The molecule has 0 bridgehead atoms. The average molecular weight is 356 g/mol. The second-order valence-corrected chi connectivity index (χ2v) is 5.81. The molecule has 1 amide bonds. The summed E-state index contributed by atoms with van der Waals surface area (Å²) in [5.74, 6) is 0.448. The van der Waals surface area contributed by atoms with Crippen LogP contribution in [-0.4, -0.2) is 24.7 Å². The number of hydrogen-bond acceptors (Lipinski definition) is 5. The summed E-state index contributed by atoms with van der Waals surface area (Å²) in [6.07, 6.45) is 0.136. The lowest BCUT2D eigenvalue weighted by Gasteiger charge is -2.13. The fourth-order valence-electron chi connectivity index (χ4n) is 2.77. The highest BCUT2D eigenvalue weighted by Crippen LogP contribution is 2.32. The van der Waals surface area contributed by atoms with Crippen LogP contribution in [0, 0.1) is 6.92 Å². The van der Waals surface area contributed by atoms with E-state index in [1.54, 1.807) is 37.4 Å². The first-order valence-corrected chi connectivity index (χ1v) is 8.14. The fourth-order valence-corrected chi connectivity index (χ4v) is 2.77. The Kier molecular flexibility index (Phi) is 4.97. The number of aryl methyl sites for hydroxylation is 2. The first-order valence-electron chi connectivity index (χ1n) is 8.14. The molecule has 7 heteroatoms. The van der Waals surface area contributed by atoms with Gasteiger partial charge in [-0.15, -0.1) is 0 Å². The predicted octanol–water partition coefficient (Wildman–Crippen LogP) is 2.95. The van der Waals surface area contributed by atoms with Gasteiger partial charge in [0, 0.05) is 24.7 Å². The van der Waals surface area contributed by atoms with Crippen LogP contribution in [-0.2, 0) is 11.3 Å². The number of nitrogens with one attached hydrogen (secondary N) is 1. The van der Waals surface area contributed by atoms with Gasteiger partial charge in [-0.1, -0.05) is 12.1 Å². The van der Waals surface area contributed by atoms with E-state index >= 15 is 0 Å². The molecule has 1 N–H and O–H groups in total. The van der Waals surface area contributed by atoms with Crippen LogP contribution >= 0.6 is 0 Å². The summed E-state index contributed by atoms with van der Waals surface area (Å²) in [5, 5.41) is 2.85. The Labute approximate surface area is 150 Å². The van der Waals surface area contributed by atoms with E-state index in [2.05, 4.69) is 5.32 Å². The molecule has 0 aliphatic heterocycles. The van der Waals surface area contributed by atoms with Gasteiger partial charge in [0.25, 0.3) is 0 Å². The lowest BCUT2D eigenvalue weighted by atomic mass is 10.1. The number of benzene rings is 2. The summed E-state index contributed by atoms with van der Waals surface area (Å²) in [6.45, 7) is 2.10. The SMILES string of the molecule is COc1cc(C)c(NC(=O)CCn2c(=O)oc3ccccc32)cc1OC. The number of hydrogen-bond donors (Lipinski definition) is 1. The van der Waals surface area contributed by atoms with Gasteiger partial charge in [-0.3, -0.25) is 9.36 Å². The van der Waals surface area contributed by atoms with Crippen molar-refractivity contribution in [2.75, 3.05) is 19.5 Å². The minimum absolute atomic E-state index is 0.136. The number of oxazole rings is 1. The van der Waals surface area contributed by atoms with Crippen molar-refractivity contribution >= 4 is 22.7 Å². The van der Waals surface area contributed by atoms with Gasteiger partial charge in [0.1, 0.15) is 0 Å². The number of methoxy groups -OCH3 is 2. The topological polar surface area (TPSA) is 82.7 Å². The van der Waals surface area contributed by atoms with E-state index in [1.807, 2.05) is 13.0 Å². The van der Waals surface area contributed by atoms with Crippen molar-refractivity contribution in [1.82, 2.24) is 4.57 Å². The quantitative estimate of drug-likeness (QED) is 0.734. The highest BCUT2D eigenvalue weighted by atomic mass is 16.5. The largest absolute Gasteiger partial charge is 0.493 e. The zero-order chi connectivity index (χ0) is 18.7. The standard InChI is InChI=1S/C19H20N2O5/c1-12-10-16(24-2)17(25-3)11-13(12)20-18(22)8-9-21-14-6-4-5-7-15(14)26-19(21)23/h4-7,10-11H,8-9H2,1-3H3,(H,20,22). The molecule has 0 unspecified atom stereocenters. The monoisotopic (exact) mass is 356 g/mol. The number of aromatic nitrogens is 1. The number of rotatable bonds is 6. The summed E-state index contributed by atoms with van der Waals surface area (Å²) in [6, 6.07) is 10.6. The minimum Gasteiger partial charge on any atom is -0.493 e. The molecule has 7 nitrogen and oxygen atoms in total. The average Bonchev–Trinajstić information content (AvgIpc) is 2.96. The van der Waals surface area contributed by atoms with E-state index in [-0.39, 0.29) is 18.9 Å². The molecular formula is C19H20N2O5. The van der Waals surface area contributed by atoms with Crippen molar-refractivity contribution in [3.63, 3.8) is 0 Å². The summed E-state index contributed by atoms with van der Waals surface area (Å²) in [5.41, 5.74) is 2.67. The van der Waals surface area contributed by atoms with Gasteiger partial charge in [-0.05, 0) is 30.7 Å². The first-order chi connectivity index (χ1) is 12.5. The van der Waals surface area contributed by atoms with Crippen molar-refractivity contribution in [2.24, 2.45) is 0 Å². The zero-order valence-corrected chi connectivity index (χ0v) is 14.9. The Morgan fingerprint density at radius 3 is 2.58 bits per heavy atom. The van der Waals surface area contributed by atoms with Crippen molar-refractivity contribution in [3.05, 3.63) is 52.5 Å². The first kappa shape index (κ1) is 17.6. The predicted molar refractivity (Wildman–Crippen MR) is 98.0 cm³/mol. The number of nitrogens with zero attached hydrogens (tertiary/aromatic N) is 1. The number of anilines is 1. The van der Waals surface area contributed by atoms with Gasteiger partial charge >= 0.3 is 5.76 Å². The molecule has 0 aliphatic carbocycles. The molecule has 26 heavy (non-hydrogen) atoms. The van der Waals surface area contributed by atoms with Crippen molar-refractivity contribution in [2.45, 2.75) is 19.9 Å². The second kappa shape index (κ2) is 7.35. The molecule has 3 rings (SSSR count). The molecule has 0 spiro atoms. The molecule has 0 saturated heterocycles. The van der Waals surface area contributed by atoms with Gasteiger partial charge in [0.15, 0.2) is 17.1 Å². The Balaban J connectivity index is 1.73. The van der Waals surface area contributed by atoms with Gasteiger partial charge < -0.3 is 19.2 Å². The zero-order valence-electron chi connectivity index (χ0n) is 14.9. The van der Waals surface area contributed by atoms with Crippen LogP contribution in [0.15, 0.2) is 45.6 Å². The van der Waals surface area contributed by atoms with Crippen molar-refractivity contribution < 1.29 is 18.7 Å². The molecule has 1 heterocycles. The van der Waals surface area contributed by atoms with Crippen molar-refractivity contribution in [1.29, 1.82) is 0 Å². The molecule has 136 valence electrons. The number of fused-ring (bicyclic) bond motifs is 1. The number of carbonyl (C=O) groups excluding carboxylic acids is 1. The number of para-hydroxylation sites is 2. The molecular weight excluding hydrogens is 336 g/mol. The third-order valence-corrected chi connectivity index (χ3v) is 4.14. The van der Waals surface area contributed by atoms with E-state index in [0.29, 0.717) is 28.3 Å². The molecule has 0 atom stereocenters. The van der Waals surface area contributed by atoms with E-state index in [1.165, 1.54) is 11.7 Å². The van der Waals surface area contributed by atoms with E-state index in [9.17, 15) is 9.59 Å².